The molecule has 4 nitrogen and oxygen atoms in total. The van der Waals surface area contributed by atoms with E-state index in [0.717, 1.165) is 51.3 Å². The molecule has 1 heterocycles. The first-order valence-electron chi connectivity index (χ1n) is 7.58. The van der Waals surface area contributed by atoms with E-state index in [1.54, 1.807) is 0 Å². The van der Waals surface area contributed by atoms with Crippen molar-refractivity contribution in [1.29, 1.82) is 0 Å². The van der Waals surface area contributed by atoms with Gasteiger partial charge in [0.05, 0.1) is 0 Å². The highest BCUT2D eigenvalue weighted by molar-refractivity contribution is 5.76. The second-order valence-corrected chi connectivity index (χ2v) is 5.49. The highest BCUT2D eigenvalue weighted by Crippen LogP contribution is 2.10. The summed E-state index contributed by atoms with van der Waals surface area (Å²) in [6.45, 7) is 5.02. The Morgan fingerprint density at radius 1 is 1.19 bits per heavy atom. The summed E-state index contributed by atoms with van der Waals surface area (Å²) in [7, 11) is 1.86. The first kappa shape index (κ1) is 15.9. The molecule has 1 amide bonds. The molecule has 0 saturated carbocycles. The number of nitrogens with one attached hydrogen (secondary N) is 1. The van der Waals surface area contributed by atoms with Crippen molar-refractivity contribution in [3.8, 4) is 0 Å². The molecular formula is C16H24FN3O. The van der Waals surface area contributed by atoms with E-state index >= 15 is 0 Å². The van der Waals surface area contributed by atoms with E-state index in [2.05, 4.69) is 10.2 Å². The fourth-order valence-corrected chi connectivity index (χ4v) is 2.62. The number of amides is 1. The molecule has 0 bridgehead atoms. The molecule has 1 fully saturated rings. The van der Waals surface area contributed by atoms with Gasteiger partial charge >= 0.3 is 0 Å². The van der Waals surface area contributed by atoms with Crippen LogP contribution in [0.2, 0.25) is 0 Å². The summed E-state index contributed by atoms with van der Waals surface area (Å²) in [4.78, 5) is 16.3. The first-order chi connectivity index (χ1) is 10.2. The van der Waals surface area contributed by atoms with Crippen LogP contribution in [0.4, 0.5) is 4.39 Å². The second kappa shape index (κ2) is 8.10. The Balaban J connectivity index is 1.83. The molecule has 0 radical (unpaired) electrons. The Bertz CT molecular complexity index is 449. The van der Waals surface area contributed by atoms with Crippen molar-refractivity contribution in [1.82, 2.24) is 15.1 Å². The van der Waals surface area contributed by atoms with Crippen molar-refractivity contribution in [2.75, 3.05) is 39.8 Å². The average molecular weight is 293 g/mol. The van der Waals surface area contributed by atoms with Crippen molar-refractivity contribution in [3.05, 3.63) is 35.6 Å². The number of carbonyl (C=O) groups excluding carboxylic acids is 1. The molecule has 0 aliphatic carbocycles. The lowest BCUT2D eigenvalue weighted by Gasteiger charge is -2.22. The van der Waals surface area contributed by atoms with Crippen LogP contribution in [0.3, 0.4) is 0 Å². The Labute approximate surface area is 125 Å². The Kier molecular flexibility index (Phi) is 6.14. The zero-order valence-electron chi connectivity index (χ0n) is 12.6. The van der Waals surface area contributed by atoms with Crippen molar-refractivity contribution >= 4 is 5.91 Å². The van der Waals surface area contributed by atoms with E-state index in [9.17, 15) is 9.18 Å². The Hall–Kier alpha value is -1.46. The molecular weight excluding hydrogens is 269 g/mol. The number of nitrogens with zero attached hydrogens (tertiary/aromatic N) is 2. The van der Waals surface area contributed by atoms with E-state index in [0.29, 0.717) is 6.42 Å². The SMILES string of the molecule is CNCCC(=O)N1CCCN(Cc2ccc(F)cc2)CC1. The highest BCUT2D eigenvalue weighted by Gasteiger charge is 2.18. The molecule has 116 valence electrons. The van der Waals surface area contributed by atoms with Crippen molar-refractivity contribution in [2.24, 2.45) is 0 Å². The van der Waals surface area contributed by atoms with Gasteiger partial charge in [0.15, 0.2) is 0 Å². The minimum Gasteiger partial charge on any atom is -0.341 e. The second-order valence-electron chi connectivity index (χ2n) is 5.49. The predicted octanol–water partition coefficient (Wildman–Crippen LogP) is 1.47. The molecule has 21 heavy (non-hydrogen) atoms. The van der Waals surface area contributed by atoms with Gasteiger partial charge in [0.25, 0.3) is 0 Å². The smallest absolute Gasteiger partial charge is 0.223 e. The van der Waals surface area contributed by atoms with Crippen LogP contribution in [-0.4, -0.2) is 55.5 Å². The van der Waals surface area contributed by atoms with Gasteiger partial charge in [-0.3, -0.25) is 9.69 Å². The summed E-state index contributed by atoms with van der Waals surface area (Å²) < 4.78 is 12.9. The number of carbonyl (C=O) groups is 1. The van der Waals surface area contributed by atoms with E-state index in [-0.39, 0.29) is 11.7 Å². The molecule has 2 rings (SSSR count). The molecule has 0 spiro atoms. The third-order valence-corrected chi connectivity index (χ3v) is 3.85. The van der Waals surface area contributed by atoms with E-state index < -0.39 is 0 Å². The molecule has 0 unspecified atom stereocenters. The minimum absolute atomic E-state index is 0.198. The summed E-state index contributed by atoms with van der Waals surface area (Å²) in [6.07, 6.45) is 1.56. The van der Waals surface area contributed by atoms with Crippen LogP contribution in [0.15, 0.2) is 24.3 Å². The van der Waals surface area contributed by atoms with Gasteiger partial charge in [-0.25, -0.2) is 4.39 Å². The summed E-state index contributed by atoms with van der Waals surface area (Å²) in [5.74, 6) is 0.0314. The van der Waals surface area contributed by atoms with Crippen LogP contribution >= 0.6 is 0 Å². The van der Waals surface area contributed by atoms with Gasteiger partial charge in [-0.2, -0.15) is 0 Å². The predicted molar refractivity (Wildman–Crippen MR) is 81.4 cm³/mol. The van der Waals surface area contributed by atoms with E-state index in [4.69, 9.17) is 0 Å². The summed E-state index contributed by atoms with van der Waals surface area (Å²) in [6, 6.07) is 6.66. The van der Waals surface area contributed by atoms with Crippen LogP contribution in [0.25, 0.3) is 0 Å². The van der Waals surface area contributed by atoms with Crippen LogP contribution < -0.4 is 5.32 Å². The molecule has 1 saturated heterocycles. The molecule has 0 aromatic heterocycles. The summed E-state index contributed by atoms with van der Waals surface area (Å²) in [5.41, 5.74) is 1.12. The maximum Gasteiger partial charge on any atom is 0.223 e. The summed E-state index contributed by atoms with van der Waals surface area (Å²) in [5, 5.41) is 3.01. The van der Waals surface area contributed by atoms with Gasteiger partial charge in [-0.15, -0.1) is 0 Å². The van der Waals surface area contributed by atoms with Crippen molar-refractivity contribution in [3.63, 3.8) is 0 Å². The van der Waals surface area contributed by atoms with Crippen LogP contribution in [0, 0.1) is 5.82 Å². The average Bonchev–Trinajstić information content (AvgIpc) is 2.73. The fraction of sp³-hybridized carbons (Fsp3) is 0.562. The molecule has 5 heteroatoms. The Morgan fingerprint density at radius 3 is 2.67 bits per heavy atom. The quantitative estimate of drug-likeness (QED) is 0.893. The molecule has 1 aromatic carbocycles. The maximum atomic E-state index is 12.9. The van der Waals surface area contributed by atoms with Gasteiger partial charge < -0.3 is 10.2 Å². The third-order valence-electron chi connectivity index (χ3n) is 3.85. The largest absolute Gasteiger partial charge is 0.341 e. The van der Waals surface area contributed by atoms with Crippen LogP contribution in [0.5, 0.6) is 0 Å². The number of rotatable bonds is 5. The van der Waals surface area contributed by atoms with Gasteiger partial charge in [-0.1, -0.05) is 12.1 Å². The zero-order valence-corrected chi connectivity index (χ0v) is 12.6. The first-order valence-corrected chi connectivity index (χ1v) is 7.58. The van der Waals surface area contributed by atoms with Crippen molar-refractivity contribution < 1.29 is 9.18 Å². The monoisotopic (exact) mass is 293 g/mol. The maximum absolute atomic E-state index is 12.9. The molecule has 1 N–H and O–H groups in total. The van der Waals surface area contributed by atoms with E-state index in [1.165, 1.54) is 12.1 Å². The van der Waals surface area contributed by atoms with Gasteiger partial charge in [0.2, 0.25) is 5.91 Å². The van der Waals surface area contributed by atoms with Gasteiger partial charge in [0.1, 0.15) is 5.82 Å². The van der Waals surface area contributed by atoms with Crippen LogP contribution in [0.1, 0.15) is 18.4 Å². The molecule has 1 aliphatic rings. The normalized spacial score (nSPS) is 16.8. The number of hydrogen-bond acceptors (Lipinski definition) is 3. The number of halogens is 1. The number of hydrogen-bond donors (Lipinski definition) is 1. The molecule has 0 atom stereocenters. The summed E-state index contributed by atoms with van der Waals surface area (Å²) >= 11 is 0. The molecule has 1 aliphatic heterocycles. The van der Waals surface area contributed by atoms with Gasteiger partial charge in [-0.05, 0) is 31.2 Å². The third kappa shape index (κ3) is 5.10. The lowest BCUT2D eigenvalue weighted by molar-refractivity contribution is -0.130. The zero-order chi connectivity index (χ0) is 15.1. The van der Waals surface area contributed by atoms with E-state index in [1.807, 2.05) is 24.1 Å². The Morgan fingerprint density at radius 2 is 1.95 bits per heavy atom. The topological polar surface area (TPSA) is 35.6 Å². The van der Waals surface area contributed by atoms with Gasteiger partial charge in [0, 0.05) is 45.7 Å². The number of benzene rings is 1. The van der Waals surface area contributed by atoms with Crippen LogP contribution in [-0.2, 0) is 11.3 Å². The minimum atomic E-state index is -0.198. The lowest BCUT2D eigenvalue weighted by atomic mass is 10.2. The lowest BCUT2D eigenvalue weighted by Crippen LogP contribution is -2.36. The standard InChI is InChI=1S/C16H24FN3O/c1-18-8-7-16(21)20-10-2-9-19(11-12-20)13-14-3-5-15(17)6-4-14/h3-6,18H,2,7-13H2,1H3. The highest BCUT2D eigenvalue weighted by atomic mass is 19.1. The van der Waals surface area contributed by atoms with Crippen molar-refractivity contribution in [2.45, 2.75) is 19.4 Å². The molecule has 1 aromatic rings. The fourth-order valence-electron chi connectivity index (χ4n) is 2.62.